The Balaban J connectivity index is 0.00000729. The van der Waals surface area contributed by atoms with Crippen LogP contribution in [0.5, 0.6) is 0 Å². The molecule has 28 heavy (non-hydrogen) atoms. The molecule has 0 spiro atoms. The second kappa shape index (κ2) is 17.2. The van der Waals surface area contributed by atoms with Gasteiger partial charge in [0.05, 0.1) is 28.2 Å². The molecular formula is C24H43ClN2S. The molecule has 0 bridgehead atoms. The number of nitrogens with zero attached hydrogens (tertiary/aromatic N) is 2. The summed E-state index contributed by atoms with van der Waals surface area (Å²) < 4.78 is 2.18. The van der Waals surface area contributed by atoms with E-state index in [-0.39, 0.29) is 12.4 Å². The van der Waals surface area contributed by atoms with Gasteiger partial charge in [0, 0.05) is 5.75 Å². The molecule has 0 aliphatic rings. The maximum atomic E-state index is 2.33. The highest BCUT2D eigenvalue weighted by atomic mass is 35.5. The number of rotatable bonds is 13. The maximum Gasteiger partial charge on any atom is 0.307 e. The van der Waals surface area contributed by atoms with E-state index in [1.807, 2.05) is 11.8 Å². The Hall–Kier alpha value is -0.670. The summed E-state index contributed by atoms with van der Waals surface area (Å²) in [5.41, 5.74) is 2.90. The Morgan fingerprint density at radius 3 is 1.71 bits per heavy atom. The first-order valence-electron chi connectivity index (χ1n) is 11.0. The first-order valence-corrected chi connectivity index (χ1v) is 12.0. The summed E-state index contributed by atoms with van der Waals surface area (Å²) in [6.07, 6.45) is 15.3. The van der Waals surface area contributed by atoms with Crippen molar-refractivity contribution in [2.75, 3.05) is 28.2 Å². The number of hydrogen-bond acceptors (Lipinski definition) is 1. The summed E-state index contributed by atoms with van der Waals surface area (Å²) in [4.78, 5) is 2.18. The molecule has 2 nitrogen and oxygen atoms in total. The first kappa shape index (κ1) is 27.3. The van der Waals surface area contributed by atoms with Gasteiger partial charge in [-0.15, -0.1) is 0 Å². The second-order valence-corrected chi connectivity index (χ2v) is 9.05. The lowest BCUT2D eigenvalue weighted by molar-refractivity contribution is -0.466. The zero-order valence-electron chi connectivity index (χ0n) is 19.0. The number of aryl methyl sites for hydroxylation is 1. The van der Waals surface area contributed by atoms with E-state index in [0.717, 1.165) is 5.75 Å². The fourth-order valence-corrected chi connectivity index (χ4v) is 4.43. The average Bonchev–Trinajstić information content (AvgIpc) is 2.64. The molecule has 162 valence electrons. The maximum absolute atomic E-state index is 2.33. The van der Waals surface area contributed by atoms with E-state index in [2.05, 4.69) is 68.9 Å². The molecule has 1 aromatic carbocycles. The van der Waals surface area contributed by atoms with Crippen LogP contribution in [0.25, 0.3) is 0 Å². The van der Waals surface area contributed by atoms with Crippen molar-refractivity contribution in [3.05, 3.63) is 35.4 Å². The Labute approximate surface area is 185 Å². The van der Waals surface area contributed by atoms with Gasteiger partial charge in [-0.1, -0.05) is 89.0 Å². The predicted molar refractivity (Wildman–Crippen MR) is 124 cm³/mol. The van der Waals surface area contributed by atoms with Gasteiger partial charge >= 0.3 is 5.17 Å². The van der Waals surface area contributed by atoms with Crippen molar-refractivity contribution < 1.29 is 17.0 Å². The lowest BCUT2D eigenvalue weighted by atomic mass is 10.0. The standard InChI is InChI=1S/C24H43N2S.ClH/c1-6-7-8-9-10-11-12-13-14-15-16-22-17-19-23(20-18-22)21-27-24(25(2)3)26(4)5;/h17-20H,6-16,21H2,1-5H3;1H/q+1;/p-1. The molecule has 0 radical (unpaired) electrons. The molecule has 0 aliphatic heterocycles. The monoisotopic (exact) mass is 426 g/mol. The number of benzene rings is 1. The second-order valence-electron chi connectivity index (χ2n) is 8.11. The van der Waals surface area contributed by atoms with Gasteiger partial charge in [-0.25, -0.2) is 0 Å². The Bertz CT molecular complexity index is 522. The minimum atomic E-state index is 0. The van der Waals surface area contributed by atoms with E-state index in [0.29, 0.717) is 0 Å². The molecule has 1 rings (SSSR count). The van der Waals surface area contributed by atoms with Gasteiger partial charge in [0.25, 0.3) is 0 Å². The Kier molecular flexibility index (Phi) is 16.8. The molecule has 0 aromatic heterocycles. The highest BCUT2D eigenvalue weighted by Crippen LogP contribution is 2.17. The Morgan fingerprint density at radius 2 is 1.25 bits per heavy atom. The van der Waals surface area contributed by atoms with Crippen LogP contribution in [0.3, 0.4) is 0 Å². The van der Waals surface area contributed by atoms with E-state index in [1.54, 1.807) is 0 Å². The molecule has 0 heterocycles. The molecule has 0 saturated heterocycles. The topological polar surface area (TPSA) is 6.25 Å². The smallest absolute Gasteiger partial charge is 0.307 e. The van der Waals surface area contributed by atoms with E-state index < -0.39 is 0 Å². The van der Waals surface area contributed by atoms with E-state index in [1.165, 1.54) is 86.9 Å². The normalized spacial score (nSPS) is 10.5. The summed E-state index contributed by atoms with van der Waals surface area (Å²) in [6.45, 7) is 2.29. The molecule has 0 fully saturated rings. The predicted octanol–water partition coefficient (Wildman–Crippen LogP) is 3.58. The molecule has 0 aliphatic carbocycles. The van der Waals surface area contributed by atoms with Crippen molar-refractivity contribution in [3.8, 4) is 0 Å². The summed E-state index contributed by atoms with van der Waals surface area (Å²) in [7, 11) is 8.44. The van der Waals surface area contributed by atoms with Gasteiger partial charge in [0.2, 0.25) is 0 Å². The fourth-order valence-electron chi connectivity index (χ4n) is 3.42. The number of halogens is 1. The van der Waals surface area contributed by atoms with Crippen molar-refractivity contribution >= 4 is 16.9 Å². The lowest BCUT2D eigenvalue weighted by Crippen LogP contribution is -3.00. The lowest BCUT2D eigenvalue weighted by Gasteiger charge is -2.10. The van der Waals surface area contributed by atoms with Crippen molar-refractivity contribution in [2.45, 2.75) is 83.3 Å². The van der Waals surface area contributed by atoms with Crippen molar-refractivity contribution in [1.82, 2.24) is 4.90 Å². The van der Waals surface area contributed by atoms with Gasteiger partial charge in [-0.2, -0.15) is 0 Å². The van der Waals surface area contributed by atoms with Crippen LogP contribution in [0.4, 0.5) is 0 Å². The number of amidine groups is 1. The Morgan fingerprint density at radius 1 is 0.786 bits per heavy atom. The summed E-state index contributed by atoms with van der Waals surface area (Å²) in [6, 6.07) is 9.27. The van der Waals surface area contributed by atoms with E-state index >= 15 is 0 Å². The summed E-state index contributed by atoms with van der Waals surface area (Å²) in [5, 5.41) is 1.30. The van der Waals surface area contributed by atoms with Crippen molar-refractivity contribution in [1.29, 1.82) is 0 Å². The average molecular weight is 427 g/mol. The van der Waals surface area contributed by atoms with Crippen LogP contribution in [0, 0.1) is 0 Å². The van der Waals surface area contributed by atoms with Crippen LogP contribution in [-0.2, 0) is 12.2 Å². The van der Waals surface area contributed by atoms with Crippen LogP contribution in [0.15, 0.2) is 24.3 Å². The van der Waals surface area contributed by atoms with E-state index in [9.17, 15) is 0 Å². The third-order valence-electron chi connectivity index (χ3n) is 4.98. The van der Waals surface area contributed by atoms with Crippen LogP contribution in [-0.4, -0.2) is 42.8 Å². The minimum Gasteiger partial charge on any atom is -1.00 e. The summed E-state index contributed by atoms with van der Waals surface area (Å²) >= 11 is 1.90. The van der Waals surface area contributed by atoms with Gasteiger partial charge in [0.15, 0.2) is 0 Å². The molecule has 0 unspecified atom stereocenters. The highest BCUT2D eigenvalue weighted by molar-refractivity contribution is 8.12. The largest absolute Gasteiger partial charge is 1.00 e. The van der Waals surface area contributed by atoms with Gasteiger partial charge in [-0.3, -0.25) is 9.48 Å². The fraction of sp³-hybridized carbons (Fsp3) is 0.708. The number of hydrogen-bond donors (Lipinski definition) is 0. The zero-order valence-corrected chi connectivity index (χ0v) is 20.5. The SMILES string of the molecule is CCCCCCCCCCCCc1ccc(CSC(N(C)C)=[N+](C)C)cc1.[Cl-]. The molecular weight excluding hydrogens is 384 g/mol. The molecule has 0 amide bonds. The van der Waals surface area contributed by atoms with Crippen LogP contribution >= 0.6 is 11.8 Å². The molecule has 0 saturated carbocycles. The summed E-state index contributed by atoms with van der Waals surface area (Å²) in [5.74, 6) is 1.03. The number of unbranched alkanes of at least 4 members (excludes halogenated alkanes) is 9. The van der Waals surface area contributed by atoms with Gasteiger partial charge in [-0.05, 0) is 35.7 Å². The highest BCUT2D eigenvalue weighted by Gasteiger charge is 2.12. The minimum absolute atomic E-state index is 0. The van der Waals surface area contributed by atoms with E-state index in [4.69, 9.17) is 0 Å². The molecule has 1 aromatic rings. The molecule has 4 heteroatoms. The van der Waals surface area contributed by atoms with Crippen molar-refractivity contribution in [3.63, 3.8) is 0 Å². The van der Waals surface area contributed by atoms with Crippen LogP contribution in [0.1, 0.15) is 82.3 Å². The quantitative estimate of drug-likeness (QED) is 0.206. The third-order valence-corrected chi connectivity index (χ3v) is 6.44. The van der Waals surface area contributed by atoms with Gasteiger partial charge < -0.3 is 12.4 Å². The third kappa shape index (κ3) is 12.7. The van der Waals surface area contributed by atoms with Crippen LogP contribution in [0.2, 0.25) is 0 Å². The molecule has 0 N–H and O–H groups in total. The zero-order chi connectivity index (χ0) is 19.9. The molecule has 0 atom stereocenters. The number of thioether (sulfide) groups is 1. The van der Waals surface area contributed by atoms with Crippen LogP contribution < -0.4 is 12.4 Å². The van der Waals surface area contributed by atoms with Gasteiger partial charge in [0.1, 0.15) is 0 Å². The first-order chi connectivity index (χ1) is 13.0. The van der Waals surface area contributed by atoms with Crippen molar-refractivity contribution in [2.24, 2.45) is 0 Å².